The fourth-order valence-electron chi connectivity index (χ4n) is 15.5. The summed E-state index contributed by atoms with van der Waals surface area (Å²) in [5.74, 6) is 5.86. The first-order valence-electron chi connectivity index (χ1n) is 42.8. The number of fused-ring (bicyclic) bond motifs is 16. The number of nitrogens with one attached hydrogen (secondary N) is 2. The van der Waals surface area contributed by atoms with Crippen molar-refractivity contribution in [3.8, 4) is 46.0 Å². The molecule has 8 aromatic rings. The maximum Gasteiger partial charge on any atom is 0.224 e. The van der Waals surface area contributed by atoms with Crippen LogP contribution in [0.15, 0.2) is 97.1 Å². The number of unbranched alkanes of at least 4 members (excludes halogenated alkanes) is 11. The highest BCUT2D eigenvalue weighted by molar-refractivity contribution is 5.92. The molecule has 114 heavy (non-hydrogen) atoms. The van der Waals surface area contributed by atoms with E-state index in [0.717, 1.165) is 251 Å². The SMILES string of the molecule is CCCCOc1c2cc(N)cc1Cc1cc(N)cc(c1OCCCC)Cc1cc(NC(=O)CCCCCCC(=O)Nc3cc4c(OCCCC)c(c3)Cc3cc(N)cc(c3OCCCC)Cc3cc(N)cc(c3OCCCC)Cc3cc(N)cc(c3OCCCC)C4)cc(c1OCCCC)Cc1cc(N)cc(c1OCCCC)C2. The Morgan fingerprint density at radius 2 is 0.368 bits per heavy atom. The Balaban J connectivity index is 0.938. The molecule has 18 nitrogen and oxygen atoms in total. The van der Waals surface area contributed by atoms with Gasteiger partial charge in [0.05, 0.1) is 52.9 Å². The maximum atomic E-state index is 14.5. The molecule has 14 N–H and O–H groups in total. The highest BCUT2D eigenvalue weighted by atomic mass is 16.5. The van der Waals surface area contributed by atoms with Crippen molar-refractivity contribution in [3.63, 3.8) is 0 Å². The Labute approximate surface area is 679 Å². The van der Waals surface area contributed by atoms with Crippen molar-refractivity contribution in [1.82, 2.24) is 0 Å². The monoisotopic (exact) mass is 1550 g/mol. The zero-order chi connectivity index (χ0) is 80.9. The normalized spacial score (nSPS) is 12.4. The van der Waals surface area contributed by atoms with E-state index < -0.39 is 0 Å². The van der Waals surface area contributed by atoms with E-state index in [0.29, 0.717) is 163 Å². The van der Waals surface area contributed by atoms with Gasteiger partial charge in [-0.15, -0.1) is 0 Å². The molecule has 0 saturated carbocycles. The maximum absolute atomic E-state index is 14.5. The lowest BCUT2D eigenvalue weighted by molar-refractivity contribution is -0.117. The molecule has 0 unspecified atom stereocenters. The average molecular weight is 1560 g/mol. The van der Waals surface area contributed by atoms with Gasteiger partial charge >= 0.3 is 0 Å². The number of carbonyl (C=O) groups excluding carboxylic acids is 2. The van der Waals surface area contributed by atoms with Crippen LogP contribution in [0.4, 0.5) is 45.5 Å². The number of rotatable bonds is 41. The molecule has 8 aromatic carbocycles. The Morgan fingerprint density at radius 1 is 0.228 bits per heavy atom. The van der Waals surface area contributed by atoms with Gasteiger partial charge in [-0.1, -0.05) is 120 Å². The fraction of sp³-hybridized carbons (Fsp3) is 0.479. The minimum Gasteiger partial charge on any atom is -0.493 e. The molecule has 0 radical (unpaired) electrons. The quantitative estimate of drug-likeness (QED) is 0.0131. The van der Waals surface area contributed by atoms with Gasteiger partial charge in [0, 0.05) is 199 Å². The molecule has 2 aliphatic rings. The zero-order valence-corrected chi connectivity index (χ0v) is 69.7. The van der Waals surface area contributed by atoms with E-state index in [1.165, 1.54) is 0 Å². The summed E-state index contributed by atoms with van der Waals surface area (Å²) in [6, 6.07) is 32.4. The molecule has 0 fully saturated rings. The number of anilines is 8. The Morgan fingerprint density at radius 3 is 0.509 bits per heavy atom. The van der Waals surface area contributed by atoms with Gasteiger partial charge < -0.3 is 82.9 Å². The Hall–Kier alpha value is -10.1. The number of hydrogen-bond acceptors (Lipinski definition) is 16. The van der Waals surface area contributed by atoms with Crippen molar-refractivity contribution in [2.75, 3.05) is 97.9 Å². The van der Waals surface area contributed by atoms with Crippen LogP contribution >= 0.6 is 0 Å². The third-order valence-electron chi connectivity index (χ3n) is 21.2. The topological polar surface area (TPSA) is 288 Å². The van der Waals surface area contributed by atoms with E-state index in [-0.39, 0.29) is 24.7 Å². The first-order chi connectivity index (χ1) is 55.4. The van der Waals surface area contributed by atoms with Crippen LogP contribution in [0, 0.1) is 0 Å². The molecule has 18 heteroatoms. The molecule has 0 atom stereocenters. The summed E-state index contributed by atoms with van der Waals surface area (Å²) in [5, 5.41) is 6.68. The van der Waals surface area contributed by atoms with Crippen molar-refractivity contribution in [2.24, 2.45) is 0 Å². The molecular formula is C96H130N8O10. The van der Waals surface area contributed by atoms with Crippen molar-refractivity contribution in [1.29, 1.82) is 0 Å². The summed E-state index contributed by atoms with van der Waals surface area (Å²) >= 11 is 0. The van der Waals surface area contributed by atoms with Crippen LogP contribution in [-0.2, 0) is 61.0 Å². The third kappa shape index (κ3) is 24.2. The summed E-state index contributed by atoms with van der Waals surface area (Å²) in [4.78, 5) is 29.0. The van der Waals surface area contributed by atoms with Gasteiger partial charge in [0.25, 0.3) is 0 Å². The van der Waals surface area contributed by atoms with Crippen LogP contribution < -0.4 is 82.9 Å². The van der Waals surface area contributed by atoms with Gasteiger partial charge in [-0.2, -0.15) is 0 Å². The van der Waals surface area contributed by atoms with Gasteiger partial charge in [0.2, 0.25) is 11.8 Å². The number of benzene rings is 8. The number of carbonyl (C=O) groups is 2. The Kier molecular flexibility index (Phi) is 33.3. The molecule has 10 rings (SSSR count). The molecule has 614 valence electrons. The number of ether oxygens (including phenoxy) is 8. The lowest BCUT2D eigenvalue weighted by Crippen LogP contribution is -2.14. The molecule has 0 saturated heterocycles. The summed E-state index contributed by atoms with van der Waals surface area (Å²) in [7, 11) is 0. The number of amides is 2. The van der Waals surface area contributed by atoms with Crippen molar-refractivity contribution >= 4 is 57.3 Å². The molecular weight excluding hydrogens is 1430 g/mol. The first kappa shape index (κ1) is 86.3. The van der Waals surface area contributed by atoms with E-state index in [1.807, 2.05) is 97.1 Å². The summed E-state index contributed by atoms with van der Waals surface area (Å²) in [6.45, 7) is 21.4. The second-order valence-electron chi connectivity index (χ2n) is 31.3. The molecule has 16 bridgehead atoms. The van der Waals surface area contributed by atoms with Gasteiger partial charge in [-0.05, 0) is 161 Å². The largest absolute Gasteiger partial charge is 0.493 e. The zero-order valence-electron chi connectivity index (χ0n) is 69.7. The number of hydrogen-bond donors (Lipinski definition) is 8. The summed E-state index contributed by atoms with van der Waals surface area (Å²) in [5.41, 5.74) is 61.1. The standard InChI is InChI=1S/C96H130N8O10/c1-9-17-31-107-89-63-39-67-51-81(99)55-71(91(67)109-33-19-11-3)43-75-59-85(60-76(95(75)113-37-23-15-7)44-72-56-82(100)52-68(92(72)110-34-20-12-4)40-64(89)48-79(97)47-63)103-87(105)29-27-25-26-28-30-88(106)104-86-61-77-45-73-57-83(101)53-69(93(73)111-35-21-13-5)41-65-49-80(98)50-66(90(65)108-32-18-10-2)42-70-54-84(102)58-74(94(70)112-36-22-14-6)46-78(62-86)96(77)114-38-24-16-8/h47-62H,9-46,97-102H2,1-8H3,(H,103,105)(H,104,106). The highest BCUT2D eigenvalue weighted by Crippen LogP contribution is 2.46. The van der Waals surface area contributed by atoms with E-state index >= 15 is 0 Å². The van der Waals surface area contributed by atoms with Crippen molar-refractivity contribution in [3.05, 3.63) is 186 Å². The summed E-state index contributed by atoms with van der Waals surface area (Å²) < 4.78 is 55.2. The molecule has 2 amide bonds. The van der Waals surface area contributed by atoms with E-state index in [1.54, 1.807) is 0 Å². The van der Waals surface area contributed by atoms with Gasteiger partial charge in [-0.25, -0.2) is 0 Å². The minimum atomic E-state index is -0.116. The van der Waals surface area contributed by atoms with Crippen LogP contribution in [-0.4, -0.2) is 64.7 Å². The van der Waals surface area contributed by atoms with Crippen LogP contribution in [0.2, 0.25) is 0 Å². The second kappa shape index (κ2) is 44.0. The Bertz CT molecular complexity index is 4010. The lowest BCUT2D eigenvalue weighted by atomic mass is 9.90. The minimum absolute atomic E-state index is 0.116. The molecule has 0 heterocycles. The van der Waals surface area contributed by atoms with Crippen LogP contribution in [0.25, 0.3) is 0 Å². The van der Waals surface area contributed by atoms with Crippen LogP contribution in [0.3, 0.4) is 0 Å². The van der Waals surface area contributed by atoms with Gasteiger partial charge in [-0.3, -0.25) is 9.59 Å². The number of nitrogens with two attached hydrogens (primary N) is 6. The first-order valence-corrected chi connectivity index (χ1v) is 42.8. The molecule has 0 aromatic heterocycles. The van der Waals surface area contributed by atoms with Crippen LogP contribution in [0.5, 0.6) is 46.0 Å². The van der Waals surface area contributed by atoms with Gasteiger partial charge in [0.1, 0.15) is 46.0 Å². The van der Waals surface area contributed by atoms with E-state index in [2.05, 4.69) is 66.0 Å². The second-order valence-corrected chi connectivity index (χ2v) is 31.3. The van der Waals surface area contributed by atoms with Crippen molar-refractivity contribution < 1.29 is 47.5 Å². The predicted octanol–water partition coefficient (Wildman–Crippen LogP) is 20.9. The lowest BCUT2D eigenvalue weighted by Gasteiger charge is -2.24. The van der Waals surface area contributed by atoms with Crippen LogP contribution in [0.1, 0.15) is 286 Å². The van der Waals surface area contributed by atoms with Gasteiger partial charge in [0.15, 0.2) is 0 Å². The number of nitrogen functional groups attached to an aromatic ring is 6. The third-order valence-corrected chi connectivity index (χ3v) is 21.2. The van der Waals surface area contributed by atoms with Crippen molar-refractivity contribution in [2.45, 2.75) is 248 Å². The van der Waals surface area contributed by atoms with E-state index in [9.17, 15) is 9.59 Å². The predicted molar refractivity (Wildman–Crippen MR) is 469 cm³/mol. The average Bonchev–Trinajstić information content (AvgIpc) is 0.778. The molecule has 2 aliphatic carbocycles. The highest BCUT2D eigenvalue weighted by Gasteiger charge is 2.29. The smallest absolute Gasteiger partial charge is 0.224 e. The molecule has 0 aliphatic heterocycles. The fourth-order valence-corrected chi connectivity index (χ4v) is 15.5. The molecule has 0 spiro atoms. The van der Waals surface area contributed by atoms with E-state index in [4.69, 9.17) is 72.3 Å². The summed E-state index contributed by atoms with van der Waals surface area (Å²) in [6.07, 6.45) is 21.1.